The van der Waals surface area contributed by atoms with Crippen LogP contribution >= 0.6 is 12.4 Å². The summed E-state index contributed by atoms with van der Waals surface area (Å²) in [5.74, 6) is 0.836. The summed E-state index contributed by atoms with van der Waals surface area (Å²) in [6, 6.07) is 5.74. The molecule has 2 atom stereocenters. The van der Waals surface area contributed by atoms with E-state index in [2.05, 4.69) is 27.9 Å². The molecular formula is C18H25ClN4O2. The van der Waals surface area contributed by atoms with Gasteiger partial charge in [-0.3, -0.25) is 9.48 Å². The number of nitrogens with one attached hydrogen (secondary N) is 2. The van der Waals surface area contributed by atoms with E-state index in [9.17, 15) is 4.79 Å². The molecule has 0 spiro atoms. The quantitative estimate of drug-likeness (QED) is 0.854. The molecule has 0 saturated carbocycles. The Morgan fingerprint density at radius 3 is 2.88 bits per heavy atom. The number of aromatic nitrogens is 2. The maximum absolute atomic E-state index is 12.7. The molecule has 7 heteroatoms. The van der Waals surface area contributed by atoms with Crippen molar-refractivity contribution in [1.82, 2.24) is 20.4 Å². The number of likely N-dealkylation sites (N-methyl/N-ethyl adjacent to an activating group) is 1. The van der Waals surface area contributed by atoms with Gasteiger partial charge >= 0.3 is 0 Å². The number of amides is 1. The molecule has 1 aliphatic carbocycles. The lowest BCUT2D eigenvalue weighted by Gasteiger charge is -2.28. The number of carbonyl (C=O) groups is 1. The van der Waals surface area contributed by atoms with Crippen molar-refractivity contribution in [3.05, 3.63) is 47.3 Å². The summed E-state index contributed by atoms with van der Waals surface area (Å²) in [7, 11) is 5.31. The third kappa shape index (κ3) is 4.14. The molecule has 2 aromatic rings. The third-order valence-electron chi connectivity index (χ3n) is 4.59. The monoisotopic (exact) mass is 364 g/mol. The van der Waals surface area contributed by atoms with Gasteiger partial charge in [0.05, 0.1) is 19.3 Å². The molecule has 136 valence electrons. The van der Waals surface area contributed by atoms with Gasteiger partial charge in [-0.1, -0.05) is 6.07 Å². The average Bonchev–Trinajstić information content (AvgIpc) is 3.01. The van der Waals surface area contributed by atoms with Gasteiger partial charge in [0, 0.05) is 18.8 Å². The van der Waals surface area contributed by atoms with Crippen molar-refractivity contribution in [1.29, 1.82) is 0 Å². The van der Waals surface area contributed by atoms with Crippen LogP contribution in [-0.4, -0.2) is 29.8 Å². The Kier molecular flexibility index (Phi) is 6.45. The molecule has 0 radical (unpaired) electrons. The zero-order valence-electron chi connectivity index (χ0n) is 14.8. The highest BCUT2D eigenvalue weighted by Gasteiger charge is 2.26. The molecule has 3 rings (SSSR count). The zero-order valence-corrected chi connectivity index (χ0v) is 15.6. The molecule has 1 aliphatic rings. The van der Waals surface area contributed by atoms with Crippen LogP contribution in [-0.2, 0) is 18.3 Å². The summed E-state index contributed by atoms with van der Waals surface area (Å²) < 4.78 is 7.01. The van der Waals surface area contributed by atoms with Gasteiger partial charge in [-0.25, -0.2) is 0 Å². The lowest BCUT2D eigenvalue weighted by atomic mass is 9.87. The van der Waals surface area contributed by atoms with Gasteiger partial charge < -0.3 is 15.4 Å². The van der Waals surface area contributed by atoms with Crippen LogP contribution in [0, 0.1) is 0 Å². The standard InChI is InChI=1S/C18H24N4O2.ClH/c1-19-17(13-10-20-22(2)11-13)18(23)21-16-6-4-5-12-9-14(24-3)7-8-15(12)16;/h7-11,16-17,19H,4-6H2,1-3H3,(H,21,23);1H. The molecule has 1 amide bonds. The van der Waals surface area contributed by atoms with Crippen LogP contribution in [0.4, 0.5) is 0 Å². The van der Waals surface area contributed by atoms with E-state index in [-0.39, 0.29) is 24.4 Å². The predicted molar refractivity (Wildman–Crippen MR) is 99.1 cm³/mol. The summed E-state index contributed by atoms with van der Waals surface area (Å²) >= 11 is 0. The van der Waals surface area contributed by atoms with E-state index < -0.39 is 6.04 Å². The molecular weight excluding hydrogens is 340 g/mol. The minimum atomic E-state index is -0.401. The van der Waals surface area contributed by atoms with Crippen LogP contribution in [0.1, 0.15) is 41.6 Å². The number of benzene rings is 1. The van der Waals surface area contributed by atoms with Crippen molar-refractivity contribution in [3.63, 3.8) is 0 Å². The van der Waals surface area contributed by atoms with Crippen LogP contribution in [0.2, 0.25) is 0 Å². The first-order valence-electron chi connectivity index (χ1n) is 8.25. The number of fused-ring (bicyclic) bond motifs is 1. The van der Waals surface area contributed by atoms with E-state index >= 15 is 0 Å². The highest BCUT2D eigenvalue weighted by atomic mass is 35.5. The minimum Gasteiger partial charge on any atom is -0.497 e. The highest BCUT2D eigenvalue weighted by molar-refractivity contribution is 5.85. The first-order chi connectivity index (χ1) is 11.6. The summed E-state index contributed by atoms with van der Waals surface area (Å²) in [6.07, 6.45) is 6.62. The Hall–Kier alpha value is -2.05. The third-order valence-corrected chi connectivity index (χ3v) is 4.59. The molecule has 0 aliphatic heterocycles. The predicted octanol–water partition coefficient (Wildman–Crippen LogP) is 2.30. The SMILES string of the molecule is CNC(C(=O)NC1CCCc2cc(OC)ccc21)c1cnn(C)c1.Cl. The second-order valence-electron chi connectivity index (χ2n) is 6.19. The molecule has 0 bridgehead atoms. The molecule has 1 aromatic carbocycles. The average molecular weight is 365 g/mol. The number of hydrogen-bond donors (Lipinski definition) is 2. The summed E-state index contributed by atoms with van der Waals surface area (Å²) in [5.41, 5.74) is 3.31. The molecule has 6 nitrogen and oxygen atoms in total. The topological polar surface area (TPSA) is 68.2 Å². The second-order valence-corrected chi connectivity index (χ2v) is 6.19. The van der Waals surface area contributed by atoms with Crippen LogP contribution < -0.4 is 15.4 Å². The number of ether oxygens (including phenoxy) is 1. The summed E-state index contributed by atoms with van der Waals surface area (Å²) in [4.78, 5) is 12.7. The highest BCUT2D eigenvalue weighted by Crippen LogP contribution is 2.32. The molecule has 1 aromatic heterocycles. The number of hydrogen-bond acceptors (Lipinski definition) is 4. The first-order valence-corrected chi connectivity index (χ1v) is 8.25. The van der Waals surface area contributed by atoms with Crippen LogP contribution in [0.25, 0.3) is 0 Å². The number of halogens is 1. The summed E-state index contributed by atoms with van der Waals surface area (Å²) in [6.45, 7) is 0. The Labute approximate surface area is 154 Å². The van der Waals surface area contributed by atoms with Gasteiger partial charge in [-0.05, 0) is 49.6 Å². The Morgan fingerprint density at radius 2 is 2.24 bits per heavy atom. The lowest BCUT2D eigenvalue weighted by molar-refractivity contribution is -0.124. The first kappa shape index (κ1) is 19.3. The smallest absolute Gasteiger partial charge is 0.242 e. The minimum absolute atomic E-state index is 0. The van der Waals surface area contributed by atoms with Gasteiger partial charge in [-0.15, -0.1) is 12.4 Å². The van der Waals surface area contributed by atoms with Gasteiger partial charge in [0.1, 0.15) is 11.8 Å². The normalized spacial score (nSPS) is 17.2. The van der Waals surface area contributed by atoms with Crippen LogP contribution in [0.5, 0.6) is 5.75 Å². The Bertz CT molecular complexity index is 732. The van der Waals surface area contributed by atoms with Crippen molar-refractivity contribution in [2.45, 2.75) is 31.3 Å². The number of rotatable bonds is 5. The van der Waals surface area contributed by atoms with E-state index in [0.29, 0.717) is 0 Å². The Morgan fingerprint density at radius 1 is 1.44 bits per heavy atom. The number of nitrogens with zero attached hydrogens (tertiary/aromatic N) is 2. The van der Waals surface area contributed by atoms with Gasteiger partial charge in [0.2, 0.25) is 5.91 Å². The van der Waals surface area contributed by atoms with E-state index in [4.69, 9.17) is 4.74 Å². The van der Waals surface area contributed by atoms with Gasteiger partial charge in [-0.2, -0.15) is 5.10 Å². The Balaban J connectivity index is 0.00000225. The molecule has 1 heterocycles. The maximum atomic E-state index is 12.7. The van der Waals surface area contributed by atoms with Crippen molar-refractivity contribution < 1.29 is 9.53 Å². The van der Waals surface area contributed by atoms with Crippen molar-refractivity contribution in [3.8, 4) is 5.75 Å². The number of carbonyl (C=O) groups excluding carboxylic acids is 1. The number of methoxy groups -OCH3 is 1. The summed E-state index contributed by atoms with van der Waals surface area (Å²) in [5, 5.41) is 10.4. The zero-order chi connectivity index (χ0) is 17.1. The lowest BCUT2D eigenvalue weighted by Crippen LogP contribution is -2.39. The van der Waals surface area contributed by atoms with E-state index in [1.54, 1.807) is 25.0 Å². The maximum Gasteiger partial charge on any atom is 0.242 e. The molecule has 2 N–H and O–H groups in total. The van der Waals surface area contributed by atoms with Gasteiger partial charge in [0.25, 0.3) is 0 Å². The molecule has 2 unspecified atom stereocenters. The van der Waals surface area contributed by atoms with E-state index in [0.717, 1.165) is 30.6 Å². The van der Waals surface area contributed by atoms with Crippen LogP contribution in [0.3, 0.4) is 0 Å². The second kappa shape index (κ2) is 8.36. The fourth-order valence-electron chi connectivity index (χ4n) is 3.36. The van der Waals surface area contributed by atoms with Crippen LogP contribution in [0.15, 0.2) is 30.6 Å². The fraction of sp³-hybridized carbons (Fsp3) is 0.444. The van der Waals surface area contributed by atoms with Crippen molar-refractivity contribution >= 4 is 18.3 Å². The molecule has 25 heavy (non-hydrogen) atoms. The van der Waals surface area contributed by atoms with Gasteiger partial charge in [0.15, 0.2) is 0 Å². The largest absolute Gasteiger partial charge is 0.497 e. The molecule has 0 saturated heterocycles. The van der Waals surface area contributed by atoms with E-state index in [1.165, 1.54) is 11.1 Å². The van der Waals surface area contributed by atoms with Crippen molar-refractivity contribution in [2.75, 3.05) is 14.2 Å². The van der Waals surface area contributed by atoms with Crippen molar-refractivity contribution in [2.24, 2.45) is 7.05 Å². The number of aryl methyl sites for hydroxylation is 2. The van der Waals surface area contributed by atoms with E-state index in [1.807, 2.05) is 19.3 Å². The molecule has 0 fully saturated rings. The fourth-order valence-corrected chi connectivity index (χ4v) is 3.36.